The van der Waals surface area contributed by atoms with Gasteiger partial charge < -0.3 is 0 Å². The molecule has 0 aliphatic heterocycles. The molecule has 0 fully saturated rings. The Morgan fingerprint density at radius 1 is 1.36 bits per heavy atom. The van der Waals surface area contributed by atoms with Gasteiger partial charge >= 0.3 is 35.2 Å². The van der Waals surface area contributed by atoms with E-state index in [0.29, 0.717) is 0 Å². The molecule has 2 aromatic rings. The van der Waals surface area contributed by atoms with Crippen molar-refractivity contribution in [2.24, 2.45) is 5.41 Å². The molecule has 110 valence electrons. The number of nitriles is 1. The van der Waals surface area contributed by atoms with Gasteiger partial charge in [-0.15, -0.1) is 0 Å². The Morgan fingerprint density at radius 2 is 1.95 bits per heavy atom. The molecule has 1 aromatic carbocycles. The third kappa shape index (κ3) is 3.16. The Bertz CT molecular complexity index is 772. The molecular weight excluding hydrogens is 299 g/mol. The Labute approximate surface area is 147 Å². The number of benzene rings is 1. The minimum atomic E-state index is -1.08. The zero-order chi connectivity index (χ0) is 15.8. The molecule has 0 spiro atoms. The molecule has 8 nitrogen and oxygen atoms in total. The van der Waals surface area contributed by atoms with E-state index < -0.39 is 16.3 Å². The SMILES string of the molecule is CC(C)(C)C(=O)C(C#N)c1ccc([N+](=O)[O-])c2nonc12.[NaH]. The van der Waals surface area contributed by atoms with Gasteiger partial charge in [-0.1, -0.05) is 20.8 Å². The predicted octanol–water partition coefficient (Wildman–Crippen LogP) is 1.70. The monoisotopic (exact) mass is 312 g/mol. The number of hydrogen-bond acceptors (Lipinski definition) is 7. The van der Waals surface area contributed by atoms with E-state index in [-0.39, 0.29) is 57.6 Å². The molecule has 0 aliphatic rings. The molecule has 22 heavy (non-hydrogen) atoms. The summed E-state index contributed by atoms with van der Waals surface area (Å²) in [7, 11) is 0. The molecular formula is C13H13N4NaO4. The topological polar surface area (TPSA) is 123 Å². The van der Waals surface area contributed by atoms with Crippen molar-refractivity contribution in [3.05, 3.63) is 27.8 Å². The van der Waals surface area contributed by atoms with E-state index in [4.69, 9.17) is 0 Å². The first-order valence-electron chi connectivity index (χ1n) is 6.11. The summed E-state index contributed by atoms with van der Waals surface area (Å²) in [5, 5.41) is 27.3. The molecule has 0 aliphatic carbocycles. The number of ketones is 1. The molecule has 1 heterocycles. The molecule has 0 radical (unpaired) electrons. The number of Topliss-reactive ketones (excluding diaryl/α,β-unsaturated/α-hetero) is 1. The van der Waals surface area contributed by atoms with Crippen molar-refractivity contribution >= 4 is 52.1 Å². The number of fused-ring (bicyclic) bond motifs is 1. The fraction of sp³-hybridized carbons (Fsp3) is 0.385. The Kier molecular flexibility index (Phi) is 5.40. The minimum absolute atomic E-state index is 0. The average molecular weight is 312 g/mol. The van der Waals surface area contributed by atoms with E-state index in [9.17, 15) is 20.2 Å². The van der Waals surface area contributed by atoms with Gasteiger partial charge in [0, 0.05) is 17.0 Å². The normalized spacial score (nSPS) is 12.3. The van der Waals surface area contributed by atoms with Crippen LogP contribution in [0.1, 0.15) is 32.3 Å². The Hall–Kier alpha value is -1.82. The molecule has 0 N–H and O–H groups in total. The number of rotatable bonds is 3. The van der Waals surface area contributed by atoms with Crippen molar-refractivity contribution in [2.75, 3.05) is 0 Å². The number of nitrogens with zero attached hydrogens (tertiary/aromatic N) is 4. The molecule has 1 unspecified atom stereocenters. The summed E-state index contributed by atoms with van der Waals surface area (Å²) in [6.45, 7) is 5.09. The molecule has 2 rings (SSSR count). The van der Waals surface area contributed by atoms with E-state index in [1.54, 1.807) is 20.8 Å². The number of non-ortho nitro benzene ring substituents is 1. The quantitative estimate of drug-likeness (QED) is 0.480. The Balaban J connectivity index is 0.00000242. The zero-order valence-corrected chi connectivity index (χ0v) is 11.7. The summed E-state index contributed by atoms with van der Waals surface area (Å²) in [6.07, 6.45) is 0. The molecule has 0 amide bonds. The van der Waals surface area contributed by atoms with Gasteiger partial charge in [0.1, 0.15) is 11.4 Å². The summed E-state index contributed by atoms with van der Waals surface area (Å²) in [4.78, 5) is 22.6. The van der Waals surface area contributed by atoms with E-state index in [2.05, 4.69) is 14.9 Å². The number of carbonyl (C=O) groups excluding carboxylic acids is 1. The van der Waals surface area contributed by atoms with Gasteiger partial charge in [0.25, 0.3) is 0 Å². The number of hydrogen-bond donors (Lipinski definition) is 0. The second-order valence-corrected chi connectivity index (χ2v) is 5.57. The first-order chi connectivity index (χ1) is 9.77. The fourth-order valence-corrected chi connectivity index (χ4v) is 1.96. The summed E-state index contributed by atoms with van der Waals surface area (Å²) in [5.41, 5.74) is -0.756. The molecule has 0 saturated carbocycles. The Morgan fingerprint density at radius 3 is 2.45 bits per heavy atom. The van der Waals surface area contributed by atoms with Crippen LogP contribution in [0.25, 0.3) is 11.0 Å². The van der Waals surface area contributed by atoms with Crippen LogP contribution >= 0.6 is 0 Å². The van der Waals surface area contributed by atoms with Crippen molar-refractivity contribution in [3.8, 4) is 6.07 Å². The third-order valence-electron chi connectivity index (χ3n) is 3.06. The van der Waals surface area contributed by atoms with E-state index in [1.165, 1.54) is 12.1 Å². The molecule has 9 heteroatoms. The van der Waals surface area contributed by atoms with Crippen LogP contribution in [0.2, 0.25) is 0 Å². The van der Waals surface area contributed by atoms with Gasteiger partial charge in [-0.2, -0.15) is 5.26 Å². The second-order valence-electron chi connectivity index (χ2n) is 5.57. The number of carbonyl (C=O) groups is 1. The van der Waals surface area contributed by atoms with Gasteiger partial charge in [0.15, 0.2) is 5.78 Å². The summed E-state index contributed by atoms with van der Waals surface area (Å²) < 4.78 is 4.53. The standard InChI is InChI=1S/C13H12N4O4.Na.H/c1-13(2,3)12(18)8(6-14)7-4-5-9(17(19)20)11-10(7)15-21-16-11;;/h4-5,8H,1-3H3;;. The van der Waals surface area contributed by atoms with E-state index in [1.807, 2.05) is 6.07 Å². The van der Waals surface area contributed by atoms with Crippen LogP contribution in [-0.4, -0.2) is 50.6 Å². The van der Waals surface area contributed by atoms with Crippen LogP contribution in [0.15, 0.2) is 16.8 Å². The van der Waals surface area contributed by atoms with Crippen LogP contribution in [-0.2, 0) is 4.79 Å². The molecule has 0 saturated heterocycles. The third-order valence-corrected chi connectivity index (χ3v) is 3.06. The first-order valence-corrected chi connectivity index (χ1v) is 6.11. The predicted molar refractivity (Wildman–Crippen MR) is 78.4 cm³/mol. The van der Waals surface area contributed by atoms with Gasteiger partial charge in [-0.05, 0) is 16.4 Å². The van der Waals surface area contributed by atoms with E-state index in [0.717, 1.165) is 0 Å². The maximum absolute atomic E-state index is 12.3. The van der Waals surface area contributed by atoms with Crippen molar-refractivity contribution < 1.29 is 14.3 Å². The van der Waals surface area contributed by atoms with Crippen molar-refractivity contribution in [1.82, 2.24) is 10.3 Å². The van der Waals surface area contributed by atoms with Gasteiger partial charge in [0.2, 0.25) is 5.52 Å². The number of nitro groups is 1. The van der Waals surface area contributed by atoms with Crippen LogP contribution in [0.3, 0.4) is 0 Å². The van der Waals surface area contributed by atoms with Crippen LogP contribution in [0.4, 0.5) is 5.69 Å². The van der Waals surface area contributed by atoms with Crippen LogP contribution in [0, 0.1) is 26.9 Å². The zero-order valence-electron chi connectivity index (χ0n) is 11.7. The van der Waals surface area contributed by atoms with E-state index >= 15 is 0 Å². The molecule has 0 bridgehead atoms. The van der Waals surface area contributed by atoms with Crippen molar-refractivity contribution in [1.29, 1.82) is 5.26 Å². The van der Waals surface area contributed by atoms with Crippen molar-refractivity contribution in [3.63, 3.8) is 0 Å². The summed E-state index contributed by atoms with van der Waals surface area (Å²) in [5.74, 6) is -1.39. The van der Waals surface area contributed by atoms with Gasteiger partial charge in [-0.3, -0.25) is 14.9 Å². The van der Waals surface area contributed by atoms with Crippen molar-refractivity contribution in [2.45, 2.75) is 26.7 Å². The number of aromatic nitrogens is 2. The van der Waals surface area contributed by atoms with Crippen LogP contribution in [0.5, 0.6) is 0 Å². The van der Waals surface area contributed by atoms with Gasteiger partial charge in [-0.25, -0.2) is 4.63 Å². The molecule has 1 atom stereocenters. The van der Waals surface area contributed by atoms with Crippen LogP contribution < -0.4 is 0 Å². The molecule has 1 aromatic heterocycles. The number of nitro benzene ring substituents is 1. The summed E-state index contributed by atoms with van der Waals surface area (Å²) in [6, 6.07) is 4.47. The second kappa shape index (κ2) is 6.52. The summed E-state index contributed by atoms with van der Waals surface area (Å²) >= 11 is 0. The fourth-order valence-electron chi connectivity index (χ4n) is 1.96. The average Bonchev–Trinajstić information content (AvgIpc) is 2.87. The maximum atomic E-state index is 12.3. The van der Waals surface area contributed by atoms with Gasteiger partial charge in [0.05, 0.1) is 11.0 Å². The first kappa shape index (κ1) is 18.2.